The van der Waals surface area contributed by atoms with Crippen molar-refractivity contribution in [2.75, 3.05) is 6.54 Å². The maximum absolute atomic E-state index is 4.39. The summed E-state index contributed by atoms with van der Waals surface area (Å²) in [6.45, 7) is 9.79. The third-order valence-electron chi connectivity index (χ3n) is 3.59. The Morgan fingerprint density at radius 2 is 2.16 bits per heavy atom. The van der Waals surface area contributed by atoms with Crippen molar-refractivity contribution in [2.24, 2.45) is 0 Å². The van der Waals surface area contributed by atoms with Gasteiger partial charge in [-0.15, -0.1) is 5.10 Å². The second kappa shape index (κ2) is 6.14. The van der Waals surface area contributed by atoms with Gasteiger partial charge in [-0.1, -0.05) is 43.8 Å². The van der Waals surface area contributed by atoms with Crippen LogP contribution in [-0.2, 0) is 5.41 Å². The van der Waals surface area contributed by atoms with E-state index in [1.165, 1.54) is 36.1 Å². The fourth-order valence-electron chi connectivity index (χ4n) is 2.63. The predicted molar refractivity (Wildman–Crippen MR) is 81.6 cm³/mol. The molecule has 19 heavy (non-hydrogen) atoms. The Balaban J connectivity index is 2.34. The van der Waals surface area contributed by atoms with Gasteiger partial charge in [-0.25, -0.2) is 0 Å². The van der Waals surface area contributed by atoms with E-state index in [0.29, 0.717) is 6.04 Å². The van der Waals surface area contributed by atoms with Crippen molar-refractivity contribution in [1.29, 1.82) is 0 Å². The van der Waals surface area contributed by atoms with Crippen molar-refractivity contribution in [1.82, 2.24) is 14.9 Å². The number of likely N-dealkylation sites (N-methyl/N-ethyl adjacent to an activating group) is 1. The largest absolute Gasteiger partial charge is 0.306 e. The molecule has 0 bridgehead atoms. The molecular formula is C15H25N3S. The van der Waals surface area contributed by atoms with Crippen molar-refractivity contribution in [3.8, 4) is 0 Å². The second-order valence-electron chi connectivity index (χ2n) is 6.25. The molecule has 2 rings (SSSR count). The van der Waals surface area contributed by atoms with Crippen LogP contribution in [0.25, 0.3) is 0 Å². The van der Waals surface area contributed by atoms with Crippen molar-refractivity contribution in [2.45, 2.75) is 64.8 Å². The Morgan fingerprint density at radius 1 is 1.37 bits per heavy atom. The summed E-state index contributed by atoms with van der Waals surface area (Å²) < 4.78 is 4.21. The third kappa shape index (κ3) is 3.42. The molecule has 0 aliphatic heterocycles. The standard InChI is InChI=1S/C15H25N3S/c1-5-16-12(11-9-7-6-8-10-11)13-14(15(2,3)4)17-18-19-13/h9,12,16H,5-8,10H2,1-4H3. The van der Waals surface area contributed by atoms with Crippen LogP contribution in [0.2, 0.25) is 0 Å². The Bertz CT molecular complexity index is 442. The lowest BCUT2D eigenvalue weighted by molar-refractivity contribution is 0.527. The molecule has 1 aromatic rings. The van der Waals surface area contributed by atoms with E-state index in [1.54, 1.807) is 11.5 Å². The first-order valence-corrected chi connectivity index (χ1v) is 8.06. The van der Waals surface area contributed by atoms with Crippen LogP contribution in [0, 0.1) is 0 Å². The normalized spacial score (nSPS) is 18.2. The van der Waals surface area contributed by atoms with E-state index in [-0.39, 0.29) is 5.41 Å². The highest BCUT2D eigenvalue weighted by Gasteiger charge is 2.29. The van der Waals surface area contributed by atoms with Crippen LogP contribution < -0.4 is 5.32 Å². The summed E-state index contributed by atoms with van der Waals surface area (Å²) in [5.41, 5.74) is 2.74. The Hall–Kier alpha value is -0.740. The van der Waals surface area contributed by atoms with Gasteiger partial charge in [-0.05, 0) is 43.8 Å². The first-order valence-electron chi connectivity index (χ1n) is 7.29. The molecule has 1 aliphatic carbocycles. The molecule has 1 aliphatic rings. The maximum Gasteiger partial charge on any atom is 0.0860 e. The van der Waals surface area contributed by atoms with E-state index >= 15 is 0 Å². The summed E-state index contributed by atoms with van der Waals surface area (Å²) in [4.78, 5) is 1.31. The SMILES string of the molecule is CCNC(C1=CCCCC1)c1snnc1C(C)(C)C. The highest BCUT2D eigenvalue weighted by Crippen LogP contribution is 2.36. The molecule has 1 atom stereocenters. The van der Waals surface area contributed by atoms with E-state index in [4.69, 9.17) is 0 Å². The van der Waals surface area contributed by atoms with Crippen LogP contribution in [0.4, 0.5) is 0 Å². The predicted octanol–water partition coefficient (Wildman–Crippen LogP) is 3.99. The van der Waals surface area contributed by atoms with Gasteiger partial charge >= 0.3 is 0 Å². The fourth-order valence-corrected chi connectivity index (χ4v) is 3.61. The van der Waals surface area contributed by atoms with Crippen molar-refractivity contribution in [3.63, 3.8) is 0 Å². The maximum atomic E-state index is 4.39. The van der Waals surface area contributed by atoms with Crippen LogP contribution in [0.1, 0.15) is 70.0 Å². The van der Waals surface area contributed by atoms with Crippen LogP contribution in [0.5, 0.6) is 0 Å². The van der Waals surface area contributed by atoms with Gasteiger partial charge in [-0.2, -0.15) is 0 Å². The Morgan fingerprint density at radius 3 is 2.74 bits per heavy atom. The second-order valence-corrected chi connectivity index (χ2v) is 7.04. The van der Waals surface area contributed by atoms with E-state index in [9.17, 15) is 0 Å². The Labute approximate surface area is 120 Å². The van der Waals surface area contributed by atoms with Gasteiger partial charge in [-0.3, -0.25) is 0 Å². The van der Waals surface area contributed by atoms with E-state index in [0.717, 1.165) is 12.2 Å². The molecule has 1 aromatic heterocycles. The van der Waals surface area contributed by atoms with Gasteiger partial charge in [0.25, 0.3) is 0 Å². The number of nitrogens with zero attached hydrogens (tertiary/aromatic N) is 2. The summed E-state index contributed by atoms with van der Waals surface area (Å²) in [5.74, 6) is 0. The van der Waals surface area contributed by atoms with Gasteiger partial charge in [0.2, 0.25) is 0 Å². The molecule has 0 radical (unpaired) electrons. The fraction of sp³-hybridized carbons (Fsp3) is 0.733. The van der Waals surface area contributed by atoms with Gasteiger partial charge in [0, 0.05) is 5.41 Å². The minimum absolute atomic E-state index is 0.0607. The molecule has 1 N–H and O–H groups in total. The molecule has 0 amide bonds. The average molecular weight is 279 g/mol. The highest BCUT2D eigenvalue weighted by molar-refractivity contribution is 7.05. The topological polar surface area (TPSA) is 37.8 Å². The van der Waals surface area contributed by atoms with Crippen molar-refractivity contribution >= 4 is 11.5 Å². The molecule has 1 heterocycles. The zero-order chi connectivity index (χ0) is 13.9. The van der Waals surface area contributed by atoms with E-state index < -0.39 is 0 Å². The quantitative estimate of drug-likeness (QED) is 0.847. The van der Waals surface area contributed by atoms with Crippen LogP contribution in [0.3, 0.4) is 0 Å². The minimum Gasteiger partial charge on any atom is -0.306 e. The minimum atomic E-state index is 0.0607. The number of hydrogen-bond donors (Lipinski definition) is 1. The van der Waals surface area contributed by atoms with Crippen LogP contribution in [0.15, 0.2) is 11.6 Å². The molecule has 0 saturated carbocycles. The van der Waals surface area contributed by atoms with Gasteiger partial charge in [0.05, 0.1) is 16.6 Å². The molecular weight excluding hydrogens is 254 g/mol. The summed E-state index contributed by atoms with van der Waals surface area (Å²) in [5, 5.41) is 8.02. The number of allylic oxidation sites excluding steroid dienone is 1. The van der Waals surface area contributed by atoms with E-state index in [1.807, 2.05) is 0 Å². The lowest BCUT2D eigenvalue weighted by atomic mass is 9.86. The van der Waals surface area contributed by atoms with Crippen molar-refractivity contribution < 1.29 is 0 Å². The van der Waals surface area contributed by atoms with Crippen LogP contribution >= 0.6 is 11.5 Å². The summed E-state index contributed by atoms with van der Waals surface area (Å²) >= 11 is 1.55. The molecule has 0 spiro atoms. The Kier molecular flexibility index (Phi) is 4.74. The number of aromatic nitrogens is 2. The number of hydrogen-bond acceptors (Lipinski definition) is 4. The van der Waals surface area contributed by atoms with Crippen LogP contribution in [-0.4, -0.2) is 16.1 Å². The van der Waals surface area contributed by atoms with E-state index in [2.05, 4.69) is 48.7 Å². The average Bonchev–Trinajstić information content (AvgIpc) is 2.86. The molecule has 0 fully saturated rings. The lowest BCUT2D eigenvalue weighted by Crippen LogP contribution is -2.26. The number of rotatable bonds is 4. The zero-order valence-corrected chi connectivity index (χ0v) is 13.3. The zero-order valence-electron chi connectivity index (χ0n) is 12.5. The summed E-state index contributed by atoms with van der Waals surface area (Å²) in [6, 6.07) is 0.319. The molecule has 0 aromatic carbocycles. The molecule has 1 unspecified atom stereocenters. The van der Waals surface area contributed by atoms with Crippen molar-refractivity contribution in [3.05, 3.63) is 22.2 Å². The molecule has 0 saturated heterocycles. The first-order chi connectivity index (χ1) is 9.04. The summed E-state index contributed by atoms with van der Waals surface area (Å²) in [6.07, 6.45) is 7.48. The van der Waals surface area contributed by atoms with Gasteiger partial charge < -0.3 is 5.32 Å². The summed E-state index contributed by atoms with van der Waals surface area (Å²) in [7, 11) is 0. The molecule has 106 valence electrons. The molecule has 3 nitrogen and oxygen atoms in total. The monoisotopic (exact) mass is 279 g/mol. The molecule has 4 heteroatoms. The first kappa shape index (κ1) is 14.7. The highest BCUT2D eigenvalue weighted by atomic mass is 32.1. The lowest BCUT2D eigenvalue weighted by Gasteiger charge is -2.26. The van der Waals surface area contributed by atoms with Gasteiger partial charge in [0.15, 0.2) is 0 Å². The smallest absolute Gasteiger partial charge is 0.0860 e. The number of nitrogens with one attached hydrogen (secondary N) is 1. The van der Waals surface area contributed by atoms with Gasteiger partial charge in [0.1, 0.15) is 0 Å². The third-order valence-corrected chi connectivity index (χ3v) is 4.38.